The van der Waals surface area contributed by atoms with Crippen LogP contribution in [0.1, 0.15) is 45.4 Å². The fraction of sp³-hybridized carbons (Fsp3) is 0.818. The van der Waals surface area contributed by atoms with E-state index in [0.29, 0.717) is 0 Å². The molecule has 1 rings (SSSR count). The van der Waals surface area contributed by atoms with Crippen molar-refractivity contribution < 1.29 is 0 Å². The van der Waals surface area contributed by atoms with Gasteiger partial charge in [-0.05, 0) is 25.7 Å². The van der Waals surface area contributed by atoms with Crippen LogP contribution < -0.4 is 0 Å². The second-order valence-electron chi connectivity index (χ2n) is 3.87. The lowest BCUT2D eigenvalue weighted by atomic mass is 10.1. The van der Waals surface area contributed by atoms with Crippen LogP contribution in [0.2, 0.25) is 0 Å². The van der Waals surface area contributed by atoms with Gasteiger partial charge in [0.05, 0.1) is 0 Å². The number of rotatable bonds is 2. The Morgan fingerprint density at radius 3 is 2.92 bits per heavy atom. The highest BCUT2D eigenvalue weighted by molar-refractivity contribution is 4.97. The molecule has 0 N–H and O–H groups in total. The third-order valence-electron chi connectivity index (χ3n) is 2.92. The van der Waals surface area contributed by atoms with Crippen LogP contribution in [0.15, 0.2) is 12.3 Å². The lowest BCUT2D eigenvalue weighted by Crippen LogP contribution is -2.28. The van der Waals surface area contributed by atoms with Crippen molar-refractivity contribution in [2.75, 3.05) is 7.05 Å². The van der Waals surface area contributed by atoms with Gasteiger partial charge in [-0.1, -0.05) is 26.3 Å². The molecule has 70 valence electrons. The third kappa shape index (κ3) is 2.26. The zero-order chi connectivity index (χ0) is 8.97. The van der Waals surface area contributed by atoms with Gasteiger partial charge in [-0.15, -0.1) is 0 Å². The summed E-state index contributed by atoms with van der Waals surface area (Å²) < 4.78 is 0. The van der Waals surface area contributed by atoms with Crippen molar-refractivity contribution in [1.82, 2.24) is 4.90 Å². The number of hydrogen-bond donors (Lipinski definition) is 0. The van der Waals surface area contributed by atoms with E-state index < -0.39 is 0 Å². The quantitative estimate of drug-likeness (QED) is 0.610. The van der Waals surface area contributed by atoms with E-state index in [1.54, 1.807) is 0 Å². The van der Waals surface area contributed by atoms with Crippen LogP contribution in [0.3, 0.4) is 0 Å². The average molecular weight is 167 g/mol. The molecule has 1 aliphatic heterocycles. The monoisotopic (exact) mass is 167 g/mol. The minimum Gasteiger partial charge on any atom is -0.375 e. The van der Waals surface area contributed by atoms with Crippen LogP contribution in [-0.2, 0) is 0 Å². The Balaban J connectivity index is 2.51. The lowest BCUT2D eigenvalue weighted by Gasteiger charge is -2.28. The van der Waals surface area contributed by atoms with Crippen LogP contribution >= 0.6 is 0 Å². The Labute approximate surface area is 76.5 Å². The molecule has 0 amide bonds. The largest absolute Gasteiger partial charge is 0.375 e. The van der Waals surface area contributed by atoms with Gasteiger partial charge in [-0.3, -0.25) is 0 Å². The molecule has 1 fully saturated rings. The molecule has 0 spiro atoms. The van der Waals surface area contributed by atoms with E-state index in [1.807, 2.05) is 0 Å². The Morgan fingerprint density at radius 1 is 1.50 bits per heavy atom. The van der Waals surface area contributed by atoms with Crippen molar-refractivity contribution in [2.24, 2.45) is 0 Å². The fourth-order valence-electron chi connectivity index (χ4n) is 2.01. The highest BCUT2D eigenvalue weighted by Gasteiger charge is 2.17. The molecule has 12 heavy (non-hydrogen) atoms. The first kappa shape index (κ1) is 9.63. The summed E-state index contributed by atoms with van der Waals surface area (Å²) in [6, 6.07) is 0.769. The summed E-state index contributed by atoms with van der Waals surface area (Å²) in [6.45, 7) is 6.38. The van der Waals surface area contributed by atoms with Crippen molar-refractivity contribution in [3.8, 4) is 0 Å². The molecule has 0 radical (unpaired) electrons. The molecule has 1 heteroatoms. The van der Waals surface area contributed by atoms with Gasteiger partial charge in [-0.25, -0.2) is 0 Å². The van der Waals surface area contributed by atoms with Crippen molar-refractivity contribution in [3.05, 3.63) is 12.3 Å². The zero-order valence-corrected chi connectivity index (χ0v) is 8.47. The molecule has 1 aliphatic rings. The standard InChI is InChI=1S/C11H21N/c1-4-7-11-9-6-5-8-10(2)12(11)3/h11H,2,4-9H2,1,3H3. The van der Waals surface area contributed by atoms with E-state index in [0.717, 1.165) is 6.04 Å². The molecular weight excluding hydrogens is 146 g/mol. The van der Waals surface area contributed by atoms with Crippen molar-refractivity contribution in [1.29, 1.82) is 0 Å². The Bertz CT molecular complexity index is 151. The second-order valence-corrected chi connectivity index (χ2v) is 3.87. The first-order valence-corrected chi connectivity index (χ1v) is 5.16. The molecular formula is C11H21N. The van der Waals surface area contributed by atoms with E-state index in [2.05, 4.69) is 25.5 Å². The normalized spacial score (nSPS) is 25.7. The van der Waals surface area contributed by atoms with E-state index in [-0.39, 0.29) is 0 Å². The topological polar surface area (TPSA) is 3.24 Å². The van der Waals surface area contributed by atoms with Crippen LogP contribution in [0.4, 0.5) is 0 Å². The zero-order valence-electron chi connectivity index (χ0n) is 8.47. The van der Waals surface area contributed by atoms with E-state index in [1.165, 1.54) is 44.2 Å². The van der Waals surface area contributed by atoms with Gasteiger partial charge in [-0.2, -0.15) is 0 Å². The van der Waals surface area contributed by atoms with Crippen LogP contribution in [-0.4, -0.2) is 18.0 Å². The lowest BCUT2D eigenvalue weighted by molar-refractivity contribution is 0.279. The maximum absolute atomic E-state index is 4.11. The Morgan fingerprint density at radius 2 is 2.25 bits per heavy atom. The van der Waals surface area contributed by atoms with Crippen LogP contribution in [0, 0.1) is 0 Å². The summed E-state index contributed by atoms with van der Waals surface area (Å²) in [4.78, 5) is 2.40. The molecule has 0 aromatic heterocycles. The number of allylic oxidation sites excluding steroid dienone is 1. The highest BCUT2D eigenvalue weighted by Crippen LogP contribution is 2.24. The fourth-order valence-corrected chi connectivity index (χ4v) is 2.01. The van der Waals surface area contributed by atoms with Crippen molar-refractivity contribution >= 4 is 0 Å². The van der Waals surface area contributed by atoms with Gasteiger partial charge in [0.15, 0.2) is 0 Å². The number of hydrogen-bond acceptors (Lipinski definition) is 1. The molecule has 0 aromatic carbocycles. The summed E-state index contributed by atoms with van der Waals surface area (Å²) in [7, 11) is 2.20. The smallest absolute Gasteiger partial charge is 0.0283 e. The molecule has 0 saturated carbocycles. The molecule has 0 aromatic rings. The van der Waals surface area contributed by atoms with E-state index >= 15 is 0 Å². The van der Waals surface area contributed by atoms with Crippen molar-refractivity contribution in [2.45, 2.75) is 51.5 Å². The molecule has 1 heterocycles. The Kier molecular flexibility index (Phi) is 3.64. The molecule has 1 unspecified atom stereocenters. The predicted molar refractivity (Wildman–Crippen MR) is 54.1 cm³/mol. The van der Waals surface area contributed by atoms with E-state index in [9.17, 15) is 0 Å². The highest BCUT2D eigenvalue weighted by atomic mass is 15.1. The van der Waals surface area contributed by atoms with Gasteiger partial charge in [0.1, 0.15) is 0 Å². The van der Waals surface area contributed by atoms with Gasteiger partial charge in [0, 0.05) is 18.8 Å². The van der Waals surface area contributed by atoms with Gasteiger partial charge >= 0.3 is 0 Å². The Hall–Kier alpha value is -0.460. The molecule has 1 atom stereocenters. The first-order valence-electron chi connectivity index (χ1n) is 5.16. The number of likely N-dealkylation sites (tertiary alicyclic amines) is 1. The van der Waals surface area contributed by atoms with Crippen LogP contribution in [0.5, 0.6) is 0 Å². The maximum atomic E-state index is 4.11. The third-order valence-corrected chi connectivity index (χ3v) is 2.92. The predicted octanol–water partition coefficient (Wildman–Crippen LogP) is 3.17. The molecule has 1 nitrogen and oxygen atoms in total. The van der Waals surface area contributed by atoms with Gasteiger partial charge < -0.3 is 4.90 Å². The minimum absolute atomic E-state index is 0.769. The maximum Gasteiger partial charge on any atom is 0.0283 e. The summed E-state index contributed by atoms with van der Waals surface area (Å²) in [5.41, 5.74) is 1.34. The average Bonchev–Trinajstić information content (AvgIpc) is 2.20. The van der Waals surface area contributed by atoms with Gasteiger partial charge in [0.2, 0.25) is 0 Å². The summed E-state index contributed by atoms with van der Waals surface area (Å²) in [6.07, 6.45) is 7.91. The molecule has 0 bridgehead atoms. The van der Waals surface area contributed by atoms with Crippen molar-refractivity contribution in [3.63, 3.8) is 0 Å². The van der Waals surface area contributed by atoms with Gasteiger partial charge in [0.25, 0.3) is 0 Å². The molecule has 0 aliphatic carbocycles. The number of nitrogens with zero attached hydrogens (tertiary/aromatic N) is 1. The molecule has 1 saturated heterocycles. The SMILES string of the molecule is C=C1CCCCC(CCC)N1C. The summed E-state index contributed by atoms with van der Waals surface area (Å²) >= 11 is 0. The van der Waals surface area contributed by atoms with E-state index in [4.69, 9.17) is 0 Å². The summed E-state index contributed by atoms with van der Waals surface area (Å²) in [5, 5.41) is 0. The minimum atomic E-state index is 0.769. The second kappa shape index (κ2) is 4.54. The summed E-state index contributed by atoms with van der Waals surface area (Å²) in [5.74, 6) is 0. The first-order chi connectivity index (χ1) is 5.75. The van der Waals surface area contributed by atoms with Crippen LogP contribution in [0.25, 0.3) is 0 Å².